The molecule has 4 rings (SSSR count). The van der Waals surface area contributed by atoms with Crippen molar-refractivity contribution in [2.75, 3.05) is 28.3 Å². The van der Waals surface area contributed by atoms with E-state index in [1.807, 2.05) is 0 Å². The summed E-state index contributed by atoms with van der Waals surface area (Å²) < 4.78 is 16.4. The second-order valence-electron chi connectivity index (χ2n) is 12.1. The monoisotopic (exact) mass is 626 g/mol. The molecule has 12 nitrogen and oxygen atoms in total. The van der Waals surface area contributed by atoms with E-state index in [4.69, 9.17) is 25.8 Å². The zero-order chi connectivity index (χ0) is 32.4. The number of aliphatic hydroxyl groups is 1. The smallest absolute Gasteiger partial charge is 0.425 e. The SMILES string of the molecule is CC(C)(C)OC(=O)N(C(=O)OC(C)(C)C)c1nccc2cc(NC(=O)[C@H](O)[C@H]3OCCN(c4ccc(Cl)cc4)C3=O)ccc12. The molecule has 1 aromatic heterocycles. The maximum Gasteiger partial charge on any atom is 0.425 e. The van der Waals surface area contributed by atoms with Crippen molar-refractivity contribution in [1.29, 1.82) is 0 Å². The van der Waals surface area contributed by atoms with E-state index in [2.05, 4.69) is 10.3 Å². The molecule has 0 spiro atoms. The molecular weight excluding hydrogens is 592 g/mol. The maximum absolute atomic E-state index is 13.2. The Balaban J connectivity index is 1.57. The number of carbonyl (C=O) groups is 4. The minimum Gasteiger partial charge on any atom is -0.443 e. The Morgan fingerprint density at radius 2 is 1.64 bits per heavy atom. The Hall–Kier alpha value is -4.26. The number of fused-ring (bicyclic) bond motifs is 1. The number of aromatic nitrogens is 1. The van der Waals surface area contributed by atoms with Gasteiger partial charge in [0.15, 0.2) is 18.0 Å². The minimum absolute atomic E-state index is 0.0348. The topological polar surface area (TPSA) is 148 Å². The number of nitrogens with zero attached hydrogens (tertiary/aromatic N) is 3. The standard InChI is InChI=1S/C31H35ClN4O8/c1-30(2,3)43-28(40)36(29(41)44-31(4,5)6)25-22-12-9-20(17-18(22)13-14-33-25)34-26(38)23(37)24-27(39)35(15-16-42-24)21-10-7-19(32)8-11-21/h7-14,17,23-24,37H,15-16H2,1-6H3,(H,34,38)/t23-,24-/m1/s1. The number of ether oxygens (including phenoxy) is 3. The number of benzene rings is 2. The second kappa shape index (κ2) is 12.8. The molecule has 0 saturated carbocycles. The van der Waals surface area contributed by atoms with Crippen LogP contribution < -0.4 is 15.1 Å². The molecule has 1 fully saturated rings. The van der Waals surface area contributed by atoms with Crippen molar-refractivity contribution >= 4 is 63.6 Å². The number of pyridine rings is 1. The molecular formula is C31H35ClN4O8. The van der Waals surface area contributed by atoms with Crippen LogP contribution in [0.15, 0.2) is 54.7 Å². The molecule has 0 radical (unpaired) electrons. The summed E-state index contributed by atoms with van der Waals surface area (Å²) in [6, 6.07) is 12.8. The van der Waals surface area contributed by atoms with E-state index in [0.717, 1.165) is 4.90 Å². The fourth-order valence-electron chi connectivity index (χ4n) is 4.34. The zero-order valence-corrected chi connectivity index (χ0v) is 26.0. The van der Waals surface area contributed by atoms with Gasteiger partial charge in [-0.05, 0) is 95.5 Å². The first-order chi connectivity index (χ1) is 20.5. The first-order valence-electron chi connectivity index (χ1n) is 13.9. The number of anilines is 3. The molecule has 234 valence electrons. The number of nitrogens with one attached hydrogen (secondary N) is 1. The van der Waals surface area contributed by atoms with Gasteiger partial charge in [0.05, 0.1) is 6.61 Å². The highest BCUT2D eigenvalue weighted by Crippen LogP contribution is 2.30. The number of carbonyl (C=O) groups excluding carboxylic acids is 4. The molecule has 0 bridgehead atoms. The van der Waals surface area contributed by atoms with E-state index in [1.165, 1.54) is 17.2 Å². The number of rotatable bonds is 5. The quantitative estimate of drug-likeness (QED) is 0.385. The Bertz CT molecular complexity index is 1540. The van der Waals surface area contributed by atoms with Crippen LogP contribution in [0.4, 0.5) is 26.8 Å². The van der Waals surface area contributed by atoms with E-state index in [-0.39, 0.29) is 24.7 Å². The summed E-state index contributed by atoms with van der Waals surface area (Å²) in [5, 5.41) is 14.8. The molecule has 2 N–H and O–H groups in total. The number of aliphatic hydroxyl groups excluding tert-OH is 1. The normalized spacial score (nSPS) is 16.3. The van der Waals surface area contributed by atoms with Crippen molar-refractivity contribution in [2.24, 2.45) is 0 Å². The predicted octanol–water partition coefficient (Wildman–Crippen LogP) is 5.30. The van der Waals surface area contributed by atoms with Crippen molar-refractivity contribution in [3.8, 4) is 0 Å². The van der Waals surface area contributed by atoms with Gasteiger partial charge in [-0.25, -0.2) is 14.6 Å². The third-order valence-electron chi connectivity index (χ3n) is 6.19. The Morgan fingerprint density at radius 1 is 1.02 bits per heavy atom. The van der Waals surface area contributed by atoms with Crippen LogP contribution in [-0.2, 0) is 23.8 Å². The van der Waals surface area contributed by atoms with Gasteiger partial charge in [-0.1, -0.05) is 11.6 Å². The molecule has 2 heterocycles. The molecule has 13 heteroatoms. The van der Waals surface area contributed by atoms with Crippen LogP contribution in [0.1, 0.15) is 41.5 Å². The van der Waals surface area contributed by atoms with Crippen LogP contribution in [0.2, 0.25) is 5.02 Å². The number of hydrogen-bond donors (Lipinski definition) is 2. The largest absolute Gasteiger partial charge is 0.443 e. The van der Waals surface area contributed by atoms with Crippen LogP contribution >= 0.6 is 11.6 Å². The van der Waals surface area contributed by atoms with Gasteiger partial charge in [-0.3, -0.25) is 9.59 Å². The Morgan fingerprint density at radius 3 is 2.23 bits per heavy atom. The van der Waals surface area contributed by atoms with Gasteiger partial charge >= 0.3 is 12.2 Å². The molecule has 2 atom stereocenters. The van der Waals surface area contributed by atoms with Crippen molar-refractivity contribution < 1.29 is 38.5 Å². The minimum atomic E-state index is -1.81. The third kappa shape index (κ3) is 7.81. The lowest BCUT2D eigenvalue weighted by molar-refractivity contribution is -0.150. The lowest BCUT2D eigenvalue weighted by Crippen LogP contribution is -2.55. The van der Waals surface area contributed by atoms with Crippen LogP contribution in [0.5, 0.6) is 0 Å². The summed E-state index contributed by atoms with van der Waals surface area (Å²) in [5.74, 6) is -1.47. The van der Waals surface area contributed by atoms with Crippen LogP contribution in [0.3, 0.4) is 0 Å². The maximum atomic E-state index is 13.2. The van der Waals surface area contributed by atoms with Crippen molar-refractivity contribution in [1.82, 2.24) is 4.98 Å². The number of morpholine rings is 1. The summed E-state index contributed by atoms with van der Waals surface area (Å²) >= 11 is 5.95. The third-order valence-corrected chi connectivity index (χ3v) is 6.44. The fraction of sp³-hybridized carbons (Fsp3) is 0.387. The summed E-state index contributed by atoms with van der Waals surface area (Å²) in [5.41, 5.74) is -0.978. The average molecular weight is 627 g/mol. The number of imide groups is 1. The summed E-state index contributed by atoms with van der Waals surface area (Å²) in [7, 11) is 0. The van der Waals surface area contributed by atoms with Crippen LogP contribution in [0, 0.1) is 0 Å². The molecule has 4 amide bonds. The zero-order valence-electron chi connectivity index (χ0n) is 25.3. The fourth-order valence-corrected chi connectivity index (χ4v) is 4.47. The first-order valence-corrected chi connectivity index (χ1v) is 14.2. The van der Waals surface area contributed by atoms with Gasteiger partial charge in [0.2, 0.25) is 0 Å². The Labute approximate surface area is 259 Å². The summed E-state index contributed by atoms with van der Waals surface area (Å²) in [4.78, 5) is 58.9. The lowest BCUT2D eigenvalue weighted by atomic mass is 10.1. The van der Waals surface area contributed by atoms with E-state index in [1.54, 1.807) is 84.0 Å². The first kappa shape index (κ1) is 32.6. The van der Waals surface area contributed by atoms with Crippen LogP contribution in [0.25, 0.3) is 10.8 Å². The molecule has 1 saturated heterocycles. The number of hydrogen-bond acceptors (Lipinski definition) is 9. The molecule has 1 aliphatic heterocycles. The number of halogens is 1. The van der Waals surface area contributed by atoms with E-state index in [0.29, 0.717) is 21.5 Å². The highest BCUT2D eigenvalue weighted by atomic mass is 35.5. The summed E-state index contributed by atoms with van der Waals surface area (Å²) in [6.45, 7) is 10.4. The number of amides is 4. The molecule has 0 unspecified atom stereocenters. The van der Waals surface area contributed by atoms with Gasteiger partial charge in [-0.15, -0.1) is 0 Å². The van der Waals surface area contributed by atoms with Gasteiger partial charge < -0.3 is 29.5 Å². The van der Waals surface area contributed by atoms with Crippen molar-refractivity contribution in [2.45, 2.75) is 65.0 Å². The molecule has 0 aliphatic carbocycles. The average Bonchev–Trinajstić information content (AvgIpc) is 2.91. The van der Waals surface area contributed by atoms with Crippen molar-refractivity contribution in [3.63, 3.8) is 0 Å². The molecule has 1 aliphatic rings. The van der Waals surface area contributed by atoms with E-state index < -0.39 is 47.4 Å². The Kier molecular flexibility index (Phi) is 9.47. The molecule has 3 aromatic rings. The van der Waals surface area contributed by atoms with Crippen LogP contribution in [-0.4, -0.2) is 70.7 Å². The second-order valence-corrected chi connectivity index (χ2v) is 12.5. The van der Waals surface area contributed by atoms with Crippen molar-refractivity contribution in [3.05, 3.63) is 59.8 Å². The van der Waals surface area contributed by atoms with Gasteiger partial charge in [-0.2, -0.15) is 4.90 Å². The van der Waals surface area contributed by atoms with E-state index >= 15 is 0 Å². The van der Waals surface area contributed by atoms with Gasteiger partial charge in [0.1, 0.15) is 11.2 Å². The van der Waals surface area contributed by atoms with Gasteiger partial charge in [0, 0.05) is 34.5 Å². The molecule has 44 heavy (non-hydrogen) atoms. The highest BCUT2D eigenvalue weighted by molar-refractivity contribution is 6.30. The van der Waals surface area contributed by atoms with Gasteiger partial charge in [0.25, 0.3) is 11.8 Å². The summed E-state index contributed by atoms with van der Waals surface area (Å²) in [6.07, 6.45) is -3.79. The lowest BCUT2D eigenvalue weighted by Gasteiger charge is -2.34. The highest BCUT2D eigenvalue weighted by Gasteiger charge is 2.39. The van der Waals surface area contributed by atoms with E-state index in [9.17, 15) is 24.3 Å². The predicted molar refractivity (Wildman–Crippen MR) is 165 cm³/mol. The molecule has 2 aromatic carbocycles.